The lowest BCUT2D eigenvalue weighted by atomic mass is 10.0. The molecule has 0 spiro atoms. The number of hydrogen-bond donors (Lipinski definition) is 0. The Morgan fingerprint density at radius 3 is 2.38 bits per heavy atom. The molecule has 2 heterocycles. The number of carbonyl (C=O) groups is 1. The number of ether oxygens (including phenoxy) is 1. The van der Waals surface area contributed by atoms with Crippen molar-refractivity contribution < 1.29 is 13.9 Å². The van der Waals surface area contributed by atoms with Gasteiger partial charge in [0, 0.05) is 12.1 Å². The van der Waals surface area contributed by atoms with Gasteiger partial charge in [-0.25, -0.2) is 4.39 Å². The van der Waals surface area contributed by atoms with E-state index in [9.17, 15) is 9.18 Å². The Kier molecular flexibility index (Phi) is 5.22. The van der Waals surface area contributed by atoms with Crippen LogP contribution in [0.5, 0.6) is 0 Å². The van der Waals surface area contributed by atoms with Crippen molar-refractivity contribution in [3.05, 3.63) is 35.6 Å². The maximum atomic E-state index is 12.8. The fourth-order valence-corrected chi connectivity index (χ4v) is 3.45. The molecule has 0 saturated carbocycles. The van der Waals surface area contributed by atoms with Crippen LogP contribution < -0.4 is 0 Å². The Bertz CT molecular complexity index is 480. The van der Waals surface area contributed by atoms with E-state index >= 15 is 0 Å². The number of piperidine rings is 1. The highest BCUT2D eigenvalue weighted by molar-refractivity contribution is 5.85. The van der Waals surface area contributed by atoms with Gasteiger partial charge in [-0.2, -0.15) is 0 Å². The van der Waals surface area contributed by atoms with Crippen molar-refractivity contribution in [3.63, 3.8) is 0 Å². The number of fused-ring (bicyclic) bond motifs is 2. The summed E-state index contributed by atoms with van der Waals surface area (Å²) in [5.74, 6) is -0.487. The van der Waals surface area contributed by atoms with Gasteiger partial charge in [-0.05, 0) is 50.4 Å². The first kappa shape index (κ1) is 16.2. The Labute approximate surface area is 130 Å². The molecule has 2 fully saturated rings. The molecule has 3 nitrogen and oxygen atoms in total. The summed E-state index contributed by atoms with van der Waals surface area (Å²) in [4.78, 5) is 14.4. The van der Waals surface area contributed by atoms with Gasteiger partial charge in [-0.3, -0.25) is 4.79 Å². The van der Waals surface area contributed by atoms with Crippen molar-refractivity contribution in [2.24, 2.45) is 0 Å². The fraction of sp³-hybridized carbons (Fsp3) is 0.562. The van der Waals surface area contributed by atoms with Crippen LogP contribution in [0.4, 0.5) is 4.39 Å². The molecule has 2 aliphatic heterocycles. The maximum absolute atomic E-state index is 12.8. The second-order valence-electron chi connectivity index (χ2n) is 5.94. The highest BCUT2D eigenvalue weighted by atomic mass is 35.5. The minimum atomic E-state index is -0.283. The summed E-state index contributed by atoms with van der Waals surface area (Å²) in [7, 11) is 2.17. The van der Waals surface area contributed by atoms with Gasteiger partial charge in [0.15, 0.2) is 0 Å². The van der Waals surface area contributed by atoms with Gasteiger partial charge in [-0.15, -0.1) is 12.4 Å². The maximum Gasteiger partial charge on any atom is 0.310 e. The molecular formula is C16H21ClFNO2. The van der Waals surface area contributed by atoms with E-state index in [4.69, 9.17) is 4.74 Å². The van der Waals surface area contributed by atoms with E-state index in [1.165, 1.54) is 25.0 Å². The van der Waals surface area contributed by atoms with Crippen molar-refractivity contribution in [2.75, 3.05) is 7.05 Å². The summed E-state index contributed by atoms with van der Waals surface area (Å²) in [5.41, 5.74) is 0.798. The Morgan fingerprint density at radius 1 is 1.24 bits per heavy atom. The first-order chi connectivity index (χ1) is 9.61. The molecular weight excluding hydrogens is 293 g/mol. The zero-order valence-corrected chi connectivity index (χ0v) is 12.9. The van der Waals surface area contributed by atoms with Crippen molar-refractivity contribution in [2.45, 2.75) is 50.3 Å². The minimum absolute atomic E-state index is 0. The molecule has 1 unspecified atom stereocenters. The monoisotopic (exact) mass is 313 g/mol. The zero-order chi connectivity index (χ0) is 14.1. The third-order valence-corrected chi connectivity index (χ3v) is 4.61. The first-order valence-corrected chi connectivity index (χ1v) is 7.27. The van der Waals surface area contributed by atoms with E-state index in [-0.39, 0.29) is 36.7 Å². The molecule has 0 aromatic heterocycles. The van der Waals surface area contributed by atoms with Crippen molar-refractivity contribution in [1.29, 1.82) is 0 Å². The lowest BCUT2D eigenvalue weighted by molar-refractivity contribution is -0.151. The van der Waals surface area contributed by atoms with Crippen LogP contribution in [0.2, 0.25) is 0 Å². The lowest BCUT2D eigenvalue weighted by Gasteiger charge is -2.35. The summed E-state index contributed by atoms with van der Waals surface area (Å²) in [6.45, 7) is 0. The number of rotatable bonds is 3. The second kappa shape index (κ2) is 6.75. The number of nitrogens with zero attached hydrogens (tertiary/aromatic N) is 1. The van der Waals surface area contributed by atoms with Crippen molar-refractivity contribution in [3.8, 4) is 0 Å². The Balaban J connectivity index is 0.00000161. The van der Waals surface area contributed by atoms with Crippen LogP contribution in [0.1, 0.15) is 31.2 Å². The summed E-state index contributed by atoms with van der Waals surface area (Å²) < 4.78 is 18.4. The van der Waals surface area contributed by atoms with Crippen LogP contribution in [0.3, 0.4) is 0 Å². The van der Waals surface area contributed by atoms with Crippen LogP contribution in [0.25, 0.3) is 0 Å². The molecule has 0 radical (unpaired) electrons. The fourth-order valence-electron chi connectivity index (χ4n) is 3.45. The summed E-state index contributed by atoms with van der Waals surface area (Å²) >= 11 is 0. The topological polar surface area (TPSA) is 29.5 Å². The largest absolute Gasteiger partial charge is 0.462 e. The molecule has 2 aliphatic rings. The first-order valence-electron chi connectivity index (χ1n) is 7.27. The molecule has 1 aromatic carbocycles. The molecule has 2 bridgehead atoms. The average molecular weight is 314 g/mol. The second-order valence-corrected chi connectivity index (χ2v) is 5.94. The van der Waals surface area contributed by atoms with Gasteiger partial charge in [0.25, 0.3) is 0 Å². The van der Waals surface area contributed by atoms with Gasteiger partial charge in [0.05, 0.1) is 6.42 Å². The van der Waals surface area contributed by atoms with Crippen LogP contribution >= 0.6 is 12.4 Å². The van der Waals surface area contributed by atoms with Crippen LogP contribution in [0, 0.1) is 5.82 Å². The molecule has 0 aliphatic carbocycles. The number of benzene rings is 1. The highest BCUT2D eigenvalue weighted by Crippen LogP contribution is 2.35. The smallest absolute Gasteiger partial charge is 0.310 e. The van der Waals surface area contributed by atoms with Crippen molar-refractivity contribution in [1.82, 2.24) is 4.90 Å². The van der Waals surface area contributed by atoms with Gasteiger partial charge in [-0.1, -0.05) is 12.1 Å². The number of carbonyl (C=O) groups excluding carboxylic acids is 1. The summed E-state index contributed by atoms with van der Waals surface area (Å²) in [6.07, 6.45) is 4.60. The van der Waals surface area contributed by atoms with Gasteiger partial charge in [0.1, 0.15) is 11.9 Å². The van der Waals surface area contributed by atoms with Gasteiger partial charge in [0.2, 0.25) is 0 Å². The average Bonchev–Trinajstić information content (AvgIpc) is 2.64. The quantitative estimate of drug-likeness (QED) is 0.804. The third kappa shape index (κ3) is 3.74. The van der Waals surface area contributed by atoms with Gasteiger partial charge < -0.3 is 9.64 Å². The number of esters is 1. The summed E-state index contributed by atoms with van der Waals surface area (Å²) in [5, 5.41) is 0. The van der Waals surface area contributed by atoms with E-state index in [1.807, 2.05) is 0 Å². The third-order valence-electron chi connectivity index (χ3n) is 4.61. The molecule has 0 N–H and O–H groups in total. The molecule has 5 heteroatoms. The van der Waals surface area contributed by atoms with Crippen molar-refractivity contribution >= 4 is 18.4 Å². The molecule has 116 valence electrons. The van der Waals surface area contributed by atoms with E-state index in [1.54, 1.807) is 12.1 Å². The molecule has 3 rings (SSSR count). The van der Waals surface area contributed by atoms with E-state index in [0.717, 1.165) is 18.4 Å². The number of halogens is 2. The molecule has 3 atom stereocenters. The normalized spacial score (nSPS) is 28.0. The predicted molar refractivity (Wildman–Crippen MR) is 81.0 cm³/mol. The van der Waals surface area contributed by atoms with Crippen LogP contribution in [-0.2, 0) is 16.0 Å². The highest BCUT2D eigenvalue weighted by Gasteiger charge is 2.39. The SMILES string of the molecule is CN1[C@@H]2CC[C@H]1CC(OC(=O)Cc1ccc(F)cc1)C2.Cl. The van der Waals surface area contributed by atoms with Gasteiger partial charge >= 0.3 is 5.97 Å². The standard InChI is InChI=1S/C16H20FNO2.ClH/c1-18-13-6-7-14(18)10-15(9-13)20-16(19)8-11-2-4-12(17)5-3-11;/h2-5,13-15H,6-10H2,1H3;1H/t13-,14+,15?;. The van der Waals surface area contributed by atoms with E-state index < -0.39 is 0 Å². The van der Waals surface area contributed by atoms with Crippen LogP contribution in [0.15, 0.2) is 24.3 Å². The Hall–Kier alpha value is -1.13. The number of hydrogen-bond acceptors (Lipinski definition) is 3. The minimum Gasteiger partial charge on any atom is -0.462 e. The lowest BCUT2D eigenvalue weighted by Crippen LogP contribution is -2.43. The Morgan fingerprint density at radius 2 is 1.81 bits per heavy atom. The molecule has 1 aromatic rings. The predicted octanol–water partition coefficient (Wildman–Crippen LogP) is 2.96. The molecule has 0 amide bonds. The molecule has 21 heavy (non-hydrogen) atoms. The van der Waals surface area contributed by atoms with Crippen LogP contribution in [-0.4, -0.2) is 36.1 Å². The zero-order valence-electron chi connectivity index (χ0n) is 12.1. The summed E-state index contributed by atoms with van der Waals surface area (Å²) in [6, 6.07) is 7.15. The molecule has 2 saturated heterocycles. The van der Waals surface area contributed by atoms with E-state index in [0.29, 0.717) is 12.1 Å². The van der Waals surface area contributed by atoms with E-state index in [2.05, 4.69) is 11.9 Å².